The van der Waals surface area contributed by atoms with E-state index in [2.05, 4.69) is 53.0 Å². The van der Waals surface area contributed by atoms with Crippen LogP contribution in [-0.2, 0) is 12.8 Å². The third kappa shape index (κ3) is 2.68. The standard InChI is InChI=1S/C15H18BrN/c1-3-5-14-13-8-7-12(16)9-11(13)10-17-15(14)6-4-2/h7-10H,3-6H2,1-2H3. The third-order valence-electron chi connectivity index (χ3n) is 3.03. The number of rotatable bonds is 4. The van der Waals surface area contributed by atoms with E-state index in [-0.39, 0.29) is 0 Å². The number of fused-ring (bicyclic) bond motifs is 1. The number of hydrogen-bond acceptors (Lipinski definition) is 1. The largest absolute Gasteiger partial charge is 0.260 e. The molecule has 17 heavy (non-hydrogen) atoms. The maximum Gasteiger partial charge on any atom is 0.0441 e. The van der Waals surface area contributed by atoms with Gasteiger partial charge in [0.15, 0.2) is 0 Å². The Hall–Kier alpha value is -0.890. The normalized spacial score (nSPS) is 11.0. The molecule has 0 unspecified atom stereocenters. The highest BCUT2D eigenvalue weighted by Crippen LogP contribution is 2.25. The predicted octanol–water partition coefficient (Wildman–Crippen LogP) is 4.90. The van der Waals surface area contributed by atoms with Crippen LogP contribution in [0.3, 0.4) is 0 Å². The summed E-state index contributed by atoms with van der Waals surface area (Å²) in [6.07, 6.45) is 6.55. The van der Waals surface area contributed by atoms with E-state index in [1.807, 2.05) is 6.20 Å². The van der Waals surface area contributed by atoms with Crippen LogP contribution in [0.1, 0.15) is 37.9 Å². The zero-order valence-electron chi connectivity index (χ0n) is 10.5. The molecule has 0 spiro atoms. The Balaban J connectivity index is 2.61. The van der Waals surface area contributed by atoms with E-state index in [4.69, 9.17) is 0 Å². The molecule has 90 valence electrons. The molecule has 0 aliphatic rings. The molecule has 0 N–H and O–H groups in total. The van der Waals surface area contributed by atoms with Crippen LogP contribution in [-0.4, -0.2) is 4.98 Å². The molecule has 1 aromatic carbocycles. The highest BCUT2D eigenvalue weighted by atomic mass is 79.9. The highest BCUT2D eigenvalue weighted by Gasteiger charge is 2.08. The van der Waals surface area contributed by atoms with Crippen molar-refractivity contribution in [3.05, 3.63) is 40.1 Å². The van der Waals surface area contributed by atoms with Crippen molar-refractivity contribution in [2.24, 2.45) is 0 Å². The average molecular weight is 292 g/mol. The quantitative estimate of drug-likeness (QED) is 0.781. The van der Waals surface area contributed by atoms with E-state index in [0.717, 1.165) is 23.7 Å². The van der Waals surface area contributed by atoms with Crippen LogP contribution in [0.15, 0.2) is 28.9 Å². The lowest BCUT2D eigenvalue weighted by atomic mass is 9.98. The van der Waals surface area contributed by atoms with Crippen LogP contribution in [0, 0.1) is 0 Å². The lowest BCUT2D eigenvalue weighted by Gasteiger charge is -2.11. The van der Waals surface area contributed by atoms with Crippen LogP contribution in [0.25, 0.3) is 10.8 Å². The van der Waals surface area contributed by atoms with Gasteiger partial charge in [0.05, 0.1) is 0 Å². The predicted molar refractivity (Wildman–Crippen MR) is 77.4 cm³/mol. The van der Waals surface area contributed by atoms with E-state index in [9.17, 15) is 0 Å². The second kappa shape index (κ2) is 5.63. The van der Waals surface area contributed by atoms with Gasteiger partial charge in [-0.15, -0.1) is 0 Å². The first-order valence-electron chi connectivity index (χ1n) is 6.32. The molecule has 0 bridgehead atoms. The zero-order valence-corrected chi connectivity index (χ0v) is 12.0. The third-order valence-corrected chi connectivity index (χ3v) is 3.53. The highest BCUT2D eigenvalue weighted by molar-refractivity contribution is 9.10. The summed E-state index contributed by atoms with van der Waals surface area (Å²) in [5, 5.41) is 2.61. The first-order valence-corrected chi connectivity index (χ1v) is 7.11. The van der Waals surface area contributed by atoms with Crippen LogP contribution in [0.5, 0.6) is 0 Å². The van der Waals surface area contributed by atoms with Gasteiger partial charge in [-0.25, -0.2) is 0 Å². The van der Waals surface area contributed by atoms with Gasteiger partial charge in [0.25, 0.3) is 0 Å². The van der Waals surface area contributed by atoms with Crippen LogP contribution in [0.2, 0.25) is 0 Å². The number of benzene rings is 1. The van der Waals surface area contributed by atoms with E-state index in [0.29, 0.717) is 0 Å². The Bertz CT molecular complexity index is 520. The monoisotopic (exact) mass is 291 g/mol. The lowest BCUT2D eigenvalue weighted by Crippen LogP contribution is -1.99. The molecule has 2 heteroatoms. The molecule has 1 aromatic heterocycles. The first-order chi connectivity index (χ1) is 8.26. The van der Waals surface area contributed by atoms with Gasteiger partial charge in [0.2, 0.25) is 0 Å². The SMILES string of the molecule is CCCc1ncc2cc(Br)ccc2c1CCC. The van der Waals surface area contributed by atoms with Crippen LogP contribution in [0.4, 0.5) is 0 Å². The van der Waals surface area contributed by atoms with Crippen molar-refractivity contribution in [3.8, 4) is 0 Å². The number of halogens is 1. The van der Waals surface area contributed by atoms with Gasteiger partial charge >= 0.3 is 0 Å². The van der Waals surface area contributed by atoms with Gasteiger partial charge in [0.1, 0.15) is 0 Å². The summed E-state index contributed by atoms with van der Waals surface area (Å²) < 4.78 is 1.12. The number of pyridine rings is 1. The van der Waals surface area contributed by atoms with Crippen molar-refractivity contribution >= 4 is 26.7 Å². The summed E-state index contributed by atoms with van der Waals surface area (Å²) in [7, 11) is 0. The molecule has 0 radical (unpaired) electrons. The number of aryl methyl sites for hydroxylation is 2. The second-order valence-electron chi connectivity index (χ2n) is 4.42. The molecule has 0 saturated carbocycles. The fourth-order valence-electron chi connectivity index (χ4n) is 2.28. The molecular weight excluding hydrogens is 274 g/mol. The van der Waals surface area contributed by atoms with Crippen molar-refractivity contribution in [2.75, 3.05) is 0 Å². The van der Waals surface area contributed by atoms with Crippen molar-refractivity contribution in [1.29, 1.82) is 0 Å². The fourth-order valence-corrected chi connectivity index (χ4v) is 2.66. The maximum absolute atomic E-state index is 4.64. The summed E-state index contributed by atoms with van der Waals surface area (Å²) in [6.45, 7) is 4.44. The summed E-state index contributed by atoms with van der Waals surface area (Å²) >= 11 is 3.52. The van der Waals surface area contributed by atoms with E-state index in [1.165, 1.54) is 28.5 Å². The van der Waals surface area contributed by atoms with Gasteiger partial charge in [0, 0.05) is 21.7 Å². The number of nitrogens with zero attached hydrogens (tertiary/aromatic N) is 1. The Labute approximate surface area is 111 Å². The summed E-state index contributed by atoms with van der Waals surface area (Å²) in [5.74, 6) is 0. The molecule has 0 aliphatic carbocycles. The van der Waals surface area contributed by atoms with E-state index in [1.54, 1.807) is 0 Å². The molecule has 0 atom stereocenters. The Morgan fingerprint density at radius 2 is 1.88 bits per heavy atom. The fraction of sp³-hybridized carbons (Fsp3) is 0.400. The van der Waals surface area contributed by atoms with Crippen molar-refractivity contribution in [1.82, 2.24) is 4.98 Å². The Morgan fingerprint density at radius 1 is 1.12 bits per heavy atom. The molecule has 1 nitrogen and oxygen atoms in total. The molecular formula is C15H18BrN. The van der Waals surface area contributed by atoms with Gasteiger partial charge < -0.3 is 0 Å². The summed E-state index contributed by atoms with van der Waals surface area (Å²) in [5.41, 5.74) is 2.73. The van der Waals surface area contributed by atoms with Gasteiger partial charge in [-0.1, -0.05) is 48.7 Å². The topological polar surface area (TPSA) is 12.9 Å². The molecule has 1 heterocycles. The Kier molecular flexibility index (Phi) is 4.16. The molecule has 2 rings (SSSR count). The molecule has 2 aromatic rings. The van der Waals surface area contributed by atoms with Crippen molar-refractivity contribution in [3.63, 3.8) is 0 Å². The van der Waals surface area contributed by atoms with Crippen LogP contribution >= 0.6 is 15.9 Å². The van der Waals surface area contributed by atoms with Crippen LogP contribution < -0.4 is 0 Å². The number of aromatic nitrogens is 1. The Morgan fingerprint density at radius 3 is 2.59 bits per heavy atom. The first kappa shape index (κ1) is 12.6. The maximum atomic E-state index is 4.64. The summed E-state index contributed by atoms with van der Waals surface area (Å²) in [4.78, 5) is 4.64. The van der Waals surface area contributed by atoms with Gasteiger partial charge in [-0.05, 0) is 35.9 Å². The van der Waals surface area contributed by atoms with E-state index < -0.39 is 0 Å². The van der Waals surface area contributed by atoms with E-state index >= 15 is 0 Å². The van der Waals surface area contributed by atoms with Gasteiger partial charge in [-0.2, -0.15) is 0 Å². The minimum absolute atomic E-state index is 1.08. The molecule has 0 saturated heterocycles. The smallest absolute Gasteiger partial charge is 0.0441 e. The molecule has 0 fully saturated rings. The molecule has 0 amide bonds. The zero-order chi connectivity index (χ0) is 12.3. The number of hydrogen-bond donors (Lipinski definition) is 0. The van der Waals surface area contributed by atoms with Crippen molar-refractivity contribution < 1.29 is 0 Å². The summed E-state index contributed by atoms with van der Waals surface area (Å²) in [6, 6.07) is 6.49. The second-order valence-corrected chi connectivity index (χ2v) is 5.33. The van der Waals surface area contributed by atoms with Crippen molar-refractivity contribution in [2.45, 2.75) is 39.5 Å². The lowest BCUT2D eigenvalue weighted by molar-refractivity contribution is 0.836. The minimum Gasteiger partial charge on any atom is -0.260 e. The van der Waals surface area contributed by atoms with Gasteiger partial charge in [-0.3, -0.25) is 4.98 Å². The minimum atomic E-state index is 1.08. The average Bonchev–Trinajstić information content (AvgIpc) is 2.32. The molecule has 0 aliphatic heterocycles.